The zero-order chi connectivity index (χ0) is 30.4. The number of carbonyl (C=O) groups is 2. The number of alkyl halides is 2. The fraction of sp³-hybridized carbons (Fsp3) is 0.657. The van der Waals surface area contributed by atoms with Crippen molar-refractivity contribution in [3.05, 3.63) is 46.7 Å². The number of aryl methyl sites for hydroxylation is 2. The summed E-state index contributed by atoms with van der Waals surface area (Å²) in [6.45, 7) is 10.6. The number of hydrogen-bond acceptors (Lipinski definition) is 5. The largest absolute Gasteiger partial charge is 0.316 e. The average molecular weight is 592 g/mol. The van der Waals surface area contributed by atoms with E-state index in [0.29, 0.717) is 49.0 Å². The molecule has 1 saturated heterocycles. The van der Waals surface area contributed by atoms with E-state index in [1.54, 1.807) is 0 Å². The molecule has 42 heavy (non-hydrogen) atoms. The van der Waals surface area contributed by atoms with Crippen LogP contribution in [0.2, 0.25) is 0 Å². The molecule has 3 aliphatic rings. The zero-order valence-corrected chi connectivity index (χ0v) is 26.0. The molecule has 2 heterocycles. The van der Waals surface area contributed by atoms with Crippen LogP contribution in [0, 0.1) is 30.6 Å². The van der Waals surface area contributed by atoms with E-state index >= 15 is 0 Å². The van der Waals surface area contributed by atoms with Gasteiger partial charge in [-0.05, 0) is 80.9 Å². The van der Waals surface area contributed by atoms with Crippen molar-refractivity contribution in [2.45, 2.75) is 106 Å². The van der Waals surface area contributed by atoms with Crippen molar-refractivity contribution >= 4 is 24.0 Å². The number of Topliss-reactive ketones (excluding diaryl/α,β-unsaturated/α-hetero) is 2. The molecule has 5 nitrogen and oxygen atoms in total. The topological polar surface area (TPSA) is 70.9 Å². The summed E-state index contributed by atoms with van der Waals surface area (Å²) in [6, 6.07) is 8.40. The van der Waals surface area contributed by atoms with Crippen LogP contribution >= 0.6 is 0 Å². The molecule has 2 fully saturated rings. The van der Waals surface area contributed by atoms with Gasteiger partial charge in [0.15, 0.2) is 0 Å². The smallest absolute Gasteiger partial charge is 0.250 e. The standard InChI is InChI=1S/C26H36N2O.C5H9F2N.C3H6O.CH4.2H2/c1-18-8-5-6-10-22(18)12-13-24(29)15-21-9-7-11-23(14-21)26-25(17-27-4)20(3)19(2)16-28-26;6-5(7)1-3-8-4-2-5;1-3(2)4;;;/h5-6,8,10,16-17,19-21,23H,7,9,11-15H2,1-4H3;8H,1-4H2;1-2H3;1H4;2*1H/t19?,20?,21-,23?;;;;;/m1...../s1. The van der Waals surface area contributed by atoms with Crippen LogP contribution in [0.4, 0.5) is 8.78 Å². The van der Waals surface area contributed by atoms with Crippen LogP contribution in [0.5, 0.6) is 0 Å². The number of hydrogen-bond donors (Lipinski definition) is 1. The van der Waals surface area contributed by atoms with Crippen molar-refractivity contribution in [1.82, 2.24) is 5.32 Å². The van der Waals surface area contributed by atoms with E-state index in [9.17, 15) is 18.4 Å². The number of carbonyl (C=O) groups excluding carboxylic acids is 2. The lowest BCUT2D eigenvalue weighted by molar-refractivity contribution is -0.120. The van der Waals surface area contributed by atoms with Gasteiger partial charge < -0.3 is 10.1 Å². The van der Waals surface area contributed by atoms with E-state index < -0.39 is 5.92 Å². The number of nitrogens with zero attached hydrogens (tertiary/aromatic N) is 2. The first-order valence-corrected chi connectivity index (χ1v) is 15.3. The Morgan fingerprint density at radius 2 is 1.79 bits per heavy atom. The fourth-order valence-electron chi connectivity index (χ4n) is 5.69. The molecule has 0 bridgehead atoms. The Kier molecular flexibility index (Phi) is 16.9. The molecule has 1 aromatic carbocycles. The predicted octanol–water partition coefficient (Wildman–Crippen LogP) is 8.73. The molecule has 0 spiro atoms. The number of allylic oxidation sites excluding steroid dienone is 2. The Hall–Kier alpha value is -2.54. The van der Waals surface area contributed by atoms with Crippen LogP contribution in [0.25, 0.3) is 0 Å². The Labute approximate surface area is 256 Å². The molecule has 7 heteroatoms. The summed E-state index contributed by atoms with van der Waals surface area (Å²) in [7, 11) is 1.84. The predicted molar refractivity (Wildman–Crippen MR) is 177 cm³/mol. The molecule has 1 aromatic rings. The second-order valence-electron chi connectivity index (χ2n) is 12.1. The maximum atomic E-state index is 12.7. The van der Waals surface area contributed by atoms with Crippen LogP contribution in [-0.4, -0.2) is 50.1 Å². The summed E-state index contributed by atoms with van der Waals surface area (Å²) in [5.74, 6) is 0.0758. The summed E-state index contributed by atoms with van der Waals surface area (Å²) < 4.78 is 24.3. The molecule has 3 unspecified atom stereocenters. The van der Waals surface area contributed by atoms with E-state index in [4.69, 9.17) is 4.99 Å². The van der Waals surface area contributed by atoms with Gasteiger partial charge in [0.2, 0.25) is 0 Å². The maximum absolute atomic E-state index is 12.7. The zero-order valence-electron chi connectivity index (χ0n) is 26.0. The van der Waals surface area contributed by atoms with Gasteiger partial charge in [0.05, 0.1) is 0 Å². The Balaban J connectivity index is 0. The van der Waals surface area contributed by atoms with Gasteiger partial charge in [0.25, 0.3) is 5.92 Å². The number of ketones is 2. The Morgan fingerprint density at radius 1 is 1.14 bits per heavy atom. The van der Waals surface area contributed by atoms with Gasteiger partial charge in [-0.1, -0.05) is 52.0 Å². The molecule has 0 aromatic heterocycles. The van der Waals surface area contributed by atoms with Gasteiger partial charge in [0.1, 0.15) is 11.6 Å². The van der Waals surface area contributed by atoms with Crippen LogP contribution in [-0.2, 0) is 16.0 Å². The number of benzene rings is 1. The molecule has 0 amide bonds. The Bertz CT molecular complexity index is 1080. The lowest BCUT2D eigenvalue weighted by atomic mass is 9.74. The lowest BCUT2D eigenvalue weighted by Gasteiger charge is -2.33. The van der Waals surface area contributed by atoms with Crippen molar-refractivity contribution < 1.29 is 21.2 Å². The van der Waals surface area contributed by atoms with Crippen molar-refractivity contribution in [2.75, 3.05) is 20.1 Å². The molecule has 4 rings (SSSR count). The first-order valence-electron chi connectivity index (χ1n) is 15.3. The van der Waals surface area contributed by atoms with Gasteiger partial charge in [-0.25, -0.2) is 8.78 Å². The van der Waals surface area contributed by atoms with Crippen LogP contribution in [0.15, 0.2) is 45.5 Å². The van der Waals surface area contributed by atoms with Gasteiger partial charge in [0, 0.05) is 72.7 Å². The third-order valence-electron chi connectivity index (χ3n) is 8.25. The highest BCUT2D eigenvalue weighted by Gasteiger charge is 2.31. The first kappa shape index (κ1) is 37.5. The number of rotatable bonds is 7. The number of halogens is 2. The highest BCUT2D eigenvalue weighted by molar-refractivity contribution is 5.84. The minimum absolute atomic E-state index is 0. The third-order valence-corrected chi connectivity index (χ3v) is 8.25. The molecular formula is C35H59F2N3O2. The number of aliphatic imine (C=N–C) groups is 2. The SMILES string of the molecule is C.CC(C)=O.CN=CC1=C(C2CCC[C@@H](CC(=O)CCc3ccccc3C)C2)N=CC(C)C1C.FC1(F)CCNCC1.[HH].[HH]. The minimum Gasteiger partial charge on any atom is -0.316 e. The van der Waals surface area contributed by atoms with Crippen molar-refractivity contribution in [2.24, 2.45) is 33.7 Å². The van der Waals surface area contributed by atoms with Gasteiger partial charge in [-0.15, -0.1) is 0 Å². The van der Waals surface area contributed by atoms with E-state index in [0.717, 1.165) is 19.3 Å². The summed E-state index contributed by atoms with van der Waals surface area (Å²) in [6.07, 6.45) is 11.0. The molecule has 1 aliphatic carbocycles. The molecule has 240 valence electrons. The van der Waals surface area contributed by atoms with Crippen molar-refractivity contribution in [3.8, 4) is 0 Å². The Morgan fingerprint density at radius 3 is 2.36 bits per heavy atom. The molecule has 4 atom stereocenters. The summed E-state index contributed by atoms with van der Waals surface area (Å²) in [4.78, 5) is 31.3. The minimum atomic E-state index is -2.38. The number of nitrogens with one attached hydrogen (secondary N) is 1. The molecular weight excluding hydrogens is 532 g/mol. The molecule has 2 aliphatic heterocycles. The lowest BCUT2D eigenvalue weighted by Crippen LogP contribution is -2.35. The third kappa shape index (κ3) is 13.2. The maximum Gasteiger partial charge on any atom is 0.250 e. The highest BCUT2D eigenvalue weighted by atomic mass is 19.3. The normalized spacial score (nSPS) is 25.0. The van der Waals surface area contributed by atoms with E-state index in [1.807, 2.05) is 13.3 Å². The molecule has 1 saturated carbocycles. The second kappa shape index (κ2) is 18.9. The summed E-state index contributed by atoms with van der Waals surface area (Å²) >= 11 is 0. The van der Waals surface area contributed by atoms with Gasteiger partial charge >= 0.3 is 0 Å². The van der Waals surface area contributed by atoms with Crippen molar-refractivity contribution in [3.63, 3.8) is 0 Å². The van der Waals surface area contributed by atoms with Crippen LogP contribution < -0.4 is 5.32 Å². The fourth-order valence-corrected chi connectivity index (χ4v) is 5.69. The number of piperidine rings is 1. The summed E-state index contributed by atoms with van der Waals surface area (Å²) in [5.41, 5.74) is 5.13. The molecule has 0 radical (unpaired) electrons. The quantitative estimate of drug-likeness (QED) is 0.322. The van der Waals surface area contributed by atoms with Crippen LogP contribution in [0.3, 0.4) is 0 Å². The van der Waals surface area contributed by atoms with E-state index in [-0.39, 0.29) is 28.9 Å². The first-order chi connectivity index (χ1) is 19.4. The van der Waals surface area contributed by atoms with E-state index in [2.05, 4.69) is 61.6 Å². The van der Waals surface area contributed by atoms with Gasteiger partial charge in [-0.3, -0.25) is 14.8 Å². The average Bonchev–Trinajstić information content (AvgIpc) is 2.91. The van der Waals surface area contributed by atoms with Gasteiger partial charge in [-0.2, -0.15) is 0 Å². The summed E-state index contributed by atoms with van der Waals surface area (Å²) in [5, 5.41) is 2.86. The highest BCUT2D eigenvalue weighted by Crippen LogP contribution is 2.40. The van der Waals surface area contributed by atoms with Crippen LogP contribution in [0.1, 0.15) is 100 Å². The van der Waals surface area contributed by atoms with Crippen molar-refractivity contribution in [1.29, 1.82) is 0 Å². The second-order valence-corrected chi connectivity index (χ2v) is 12.1. The molecule has 1 N–H and O–H groups in total. The monoisotopic (exact) mass is 591 g/mol. The van der Waals surface area contributed by atoms with E-state index in [1.165, 1.54) is 55.5 Å².